The number of piperidine rings is 1. The molecule has 0 spiro atoms. The molecule has 1 unspecified atom stereocenters. The van der Waals surface area contributed by atoms with Crippen LogP contribution in [0.3, 0.4) is 0 Å². The zero-order chi connectivity index (χ0) is 23.5. The Morgan fingerprint density at radius 1 is 1.12 bits per heavy atom. The third-order valence-corrected chi connectivity index (χ3v) is 8.07. The van der Waals surface area contributed by atoms with Crippen LogP contribution in [0, 0.1) is 17.7 Å². The van der Waals surface area contributed by atoms with Crippen molar-refractivity contribution in [3.63, 3.8) is 0 Å². The predicted molar refractivity (Wildman–Crippen MR) is 135 cm³/mol. The highest BCUT2D eigenvalue weighted by atomic mass is 19.1. The van der Waals surface area contributed by atoms with E-state index in [-0.39, 0.29) is 5.82 Å². The highest BCUT2D eigenvalue weighted by Gasteiger charge is 2.29. The van der Waals surface area contributed by atoms with Gasteiger partial charge in [0.2, 0.25) is 0 Å². The van der Waals surface area contributed by atoms with Gasteiger partial charge in [-0.1, -0.05) is 38.1 Å². The van der Waals surface area contributed by atoms with Gasteiger partial charge < -0.3 is 10.2 Å². The third-order valence-electron chi connectivity index (χ3n) is 8.07. The van der Waals surface area contributed by atoms with Crippen molar-refractivity contribution >= 4 is 5.69 Å². The monoisotopic (exact) mass is 466 g/mol. The van der Waals surface area contributed by atoms with Gasteiger partial charge in [0.05, 0.1) is 6.61 Å². The molecule has 3 heterocycles. The Kier molecular flexibility index (Phi) is 7.49. The maximum atomic E-state index is 14.9. The molecule has 2 N–H and O–H groups in total. The number of likely N-dealkylation sites (tertiary alicyclic amines) is 1. The van der Waals surface area contributed by atoms with Crippen LogP contribution in [0.15, 0.2) is 36.4 Å². The highest BCUT2D eigenvalue weighted by molar-refractivity contribution is 5.56. The van der Waals surface area contributed by atoms with E-state index < -0.39 is 0 Å². The van der Waals surface area contributed by atoms with E-state index >= 15 is 0 Å². The average molecular weight is 467 g/mol. The van der Waals surface area contributed by atoms with Crippen LogP contribution in [0.4, 0.5) is 10.1 Å². The van der Waals surface area contributed by atoms with E-state index in [1.54, 1.807) is 6.07 Å². The number of hydroxylamine groups is 1. The fourth-order valence-electron chi connectivity index (χ4n) is 5.75. The van der Waals surface area contributed by atoms with Crippen molar-refractivity contribution in [1.82, 2.24) is 15.3 Å². The van der Waals surface area contributed by atoms with Crippen molar-refractivity contribution in [1.29, 1.82) is 0 Å². The van der Waals surface area contributed by atoms with Crippen LogP contribution < -0.4 is 10.8 Å². The van der Waals surface area contributed by atoms with E-state index in [4.69, 9.17) is 4.84 Å². The van der Waals surface area contributed by atoms with E-state index in [0.29, 0.717) is 19.1 Å². The van der Waals surface area contributed by atoms with Crippen molar-refractivity contribution in [2.75, 3.05) is 31.6 Å². The normalized spacial score (nSPS) is 22.3. The van der Waals surface area contributed by atoms with Crippen LogP contribution in [0.2, 0.25) is 0 Å². The van der Waals surface area contributed by atoms with Gasteiger partial charge in [-0.05, 0) is 73.0 Å². The molecule has 0 amide bonds. The smallest absolute Gasteiger partial charge is 0.128 e. The summed E-state index contributed by atoms with van der Waals surface area (Å²) >= 11 is 0. The minimum absolute atomic E-state index is 0.0817. The van der Waals surface area contributed by atoms with Crippen molar-refractivity contribution in [3.05, 3.63) is 64.5 Å². The van der Waals surface area contributed by atoms with Gasteiger partial charge in [-0.3, -0.25) is 9.80 Å². The molecule has 6 heteroatoms. The molecular formula is C28H39FN4O. The number of rotatable bonds is 7. The third kappa shape index (κ3) is 5.46. The van der Waals surface area contributed by atoms with E-state index in [0.717, 1.165) is 74.4 Å². The summed E-state index contributed by atoms with van der Waals surface area (Å²) in [7, 11) is 0. The number of fused-ring (bicyclic) bond motifs is 1. The number of nitrogens with one attached hydrogen (secondary N) is 2. The summed E-state index contributed by atoms with van der Waals surface area (Å²) in [5.41, 5.74) is 8.77. The summed E-state index contributed by atoms with van der Waals surface area (Å²) in [6.45, 7) is 11.7. The first-order valence-electron chi connectivity index (χ1n) is 13.0. The molecule has 34 heavy (non-hydrogen) atoms. The van der Waals surface area contributed by atoms with Gasteiger partial charge >= 0.3 is 0 Å². The summed E-state index contributed by atoms with van der Waals surface area (Å²) in [5.74, 6) is 1.48. The zero-order valence-corrected chi connectivity index (χ0v) is 20.7. The maximum absolute atomic E-state index is 14.9. The molecule has 5 nitrogen and oxygen atoms in total. The second kappa shape index (κ2) is 10.7. The average Bonchev–Trinajstić information content (AvgIpc) is 3.30. The Morgan fingerprint density at radius 3 is 2.71 bits per heavy atom. The zero-order valence-electron chi connectivity index (χ0n) is 20.7. The molecule has 2 fully saturated rings. The first kappa shape index (κ1) is 23.7. The summed E-state index contributed by atoms with van der Waals surface area (Å²) in [6.07, 6.45) is 3.52. The van der Waals surface area contributed by atoms with E-state index in [9.17, 15) is 4.39 Å². The maximum Gasteiger partial charge on any atom is 0.128 e. The molecule has 1 atom stereocenters. The van der Waals surface area contributed by atoms with Gasteiger partial charge in [-0.2, -0.15) is 0 Å². The standard InChI is InChI=1S/C28H39FN4O/c1-20(2)22-8-11-32(12-9-22)17-24-7-6-21(14-27(24)29)15-30-28-5-3-4-23-18-33(19-26(23)28)25-10-13-34-31-16-25/h3-7,14,20,22,25,30-31H,8-13,15-19H2,1-2H3. The molecular weight excluding hydrogens is 427 g/mol. The molecule has 0 radical (unpaired) electrons. The molecule has 2 saturated heterocycles. The minimum atomic E-state index is -0.0817. The van der Waals surface area contributed by atoms with Crippen LogP contribution >= 0.6 is 0 Å². The molecule has 0 saturated carbocycles. The van der Waals surface area contributed by atoms with Gasteiger partial charge in [0, 0.05) is 50.0 Å². The number of benzene rings is 2. The van der Waals surface area contributed by atoms with Crippen molar-refractivity contribution in [2.24, 2.45) is 11.8 Å². The van der Waals surface area contributed by atoms with Gasteiger partial charge in [-0.25, -0.2) is 9.87 Å². The van der Waals surface area contributed by atoms with Crippen LogP contribution in [0.5, 0.6) is 0 Å². The summed E-state index contributed by atoms with van der Waals surface area (Å²) < 4.78 is 14.9. The second-order valence-electron chi connectivity index (χ2n) is 10.6. The number of hydrogen-bond donors (Lipinski definition) is 2. The lowest BCUT2D eigenvalue weighted by Gasteiger charge is -2.33. The predicted octanol–water partition coefficient (Wildman–Crippen LogP) is 4.91. The van der Waals surface area contributed by atoms with Crippen LogP contribution in [-0.4, -0.2) is 42.1 Å². The van der Waals surface area contributed by atoms with Crippen molar-refractivity contribution in [3.8, 4) is 0 Å². The Labute approximate surface area is 203 Å². The highest BCUT2D eigenvalue weighted by Crippen LogP contribution is 2.32. The second-order valence-corrected chi connectivity index (χ2v) is 10.6. The Hall–Kier alpha value is -1.99. The van der Waals surface area contributed by atoms with Crippen LogP contribution in [-0.2, 0) is 31.0 Å². The van der Waals surface area contributed by atoms with E-state index in [2.05, 4.69) is 58.7 Å². The molecule has 184 valence electrons. The van der Waals surface area contributed by atoms with Crippen LogP contribution in [0.25, 0.3) is 0 Å². The first-order valence-corrected chi connectivity index (χ1v) is 13.0. The molecule has 2 aromatic rings. The van der Waals surface area contributed by atoms with E-state index in [1.807, 2.05) is 6.07 Å². The minimum Gasteiger partial charge on any atom is -0.381 e. The molecule has 2 aromatic carbocycles. The van der Waals surface area contributed by atoms with Gasteiger partial charge in [0.25, 0.3) is 0 Å². The number of halogens is 1. The SMILES string of the molecule is CC(C)C1CCN(Cc2ccc(CNc3cccc4c3CN(C3CCONC3)C4)cc2F)CC1. The lowest BCUT2D eigenvalue weighted by molar-refractivity contribution is -0.0276. The topological polar surface area (TPSA) is 39.8 Å². The number of hydrogen-bond acceptors (Lipinski definition) is 5. The Balaban J connectivity index is 1.17. The number of nitrogens with zero attached hydrogens (tertiary/aromatic N) is 2. The van der Waals surface area contributed by atoms with E-state index in [1.165, 1.54) is 24.0 Å². The van der Waals surface area contributed by atoms with Crippen molar-refractivity contribution in [2.45, 2.75) is 65.3 Å². The van der Waals surface area contributed by atoms with Crippen molar-refractivity contribution < 1.29 is 9.23 Å². The first-order chi connectivity index (χ1) is 16.6. The van der Waals surface area contributed by atoms with Gasteiger partial charge in [-0.15, -0.1) is 0 Å². The molecule has 3 aliphatic rings. The summed E-state index contributed by atoms with van der Waals surface area (Å²) in [6, 6.07) is 12.8. The Morgan fingerprint density at radius 2 is 1.97 bits per heavy atom. The fraction of sp³-hybridized carbons (Fsp3) is 0.571. The molecule has 3 aliphatic heterocycles. The molecule has 0 aromatic heterocycles. The Bertz CT molecular complexity index is 967. The molecule has 5 rings (SSSR count). The summed E-state index contributed by atoms with van der Waals surface area (Å²) in [4.78, 5) is 10.2. The fourth-order valence-corrected chi connectivity index (χ4v) is 5.75. The van der Waals surface area contributed by atoms with Crippen LogP contribution in [0.1, 0.15) is 55.4 Å². The largest absolute Gasteiger partial charge is 0.381 e. The molecule has 0 aliphatic carbocycles. The lowest BCUT2D eigenvalue weighted by atomic mass is 9.86. The van der Waals surface area contributed by atoms with Gasteiger partial charge in [0.15, 0.2) is 0 Å². The number of anilines is 1. The summed E-state index contributed by atoms with van der Waals surface area (Å²) in [5, 5.41) is 3.58. The quantitative estimate of drug-likeness (QED) is 0.606. The lowest BCUT2D eigenvalue weighted by Crippen LogP contribution is -2.44. The molecule has 0 bridgehead atoms. The van der Waals surface area contributed by atoms with Gasteiger partial charge in [0.1, 0.15) is 5.82 Å².